The fraction of sp³-hybridized carbons (Fsp3) is 0.208. The molecule has 2 N–H and O–H groups in total. The molecule has 0 fully saturated rings. The van der Waals surface area contributed by atoms with Gasteiger partial charge in [0.1, 0.15) is 19.3 Å². The van der Waals surface area contributed by atoms with Gasteiger partial charge in [-0.2, -0.15) is 0 Å². The number of esters is 1. The molecule has 0 saturated carbocycles. The van der Waals surface area contributed by atoms with Crippen molar-refractivity contribution in [1.29, 1.82) is 0 Å². The predicted octanol–water partition coefficient (Wildman–Crippen LogP) is 1.47. The van der Waals surface area contributed by atoms with Crippen LogP contribution in [-0.2, 0) is 38.8 Å². The van der Waals surface area contributed by atoms with Gasteiger partial charge in [0.2, 0.25) is 5.76 Å². The molecule has 0 saturated heterocycles. The van der Waals surface area contributed by atoms with E-state index in [0.717, 1.165) is 21.8 Å². The quantitative estimate of drug-likeness (QED) is 0.474. The second-order valence-electron chi connectivity index (χ2n) is 7.40. The van der Waals surface area contributed by atoms with Gasteiger partial charge in [-0.25, -0.2) is 9.59 Å². The first-order chi connectivity index (χ1) is 16.0. The van der Waals surface area contributed by atoms with E-state index in [1.54, 1.807) is 0 Å². The number of hydrogen-bond acceptors (Lipinski definition) is 7. The van der Waals surface area contributed by atoms with Crippen LogP contribution in [0.15, 0.2) is 94.0 Å². The average Bonchev–Trinajstić information content (AvgIpc) is 3.14. The maximum absolute atomic E-state index is 12.6. The molecule has 0 amide bonds. The Morgan fingerprint density at radius 2 is 1.52 bits per heavy atom. The molecule has 0 bridgehead atoms. The van der Waals surface area contributed by atoms with E-state index in [9.17, 15) is 19.5 Å². The molecule has 0 radical (unpaired) electrons. The molecular weight excluding hydrogens is 428 g/mol. The monoisotopic (exact) mass is 450 g/mol. The van der Waals surface area contributed by atoms with E-state index in [2.05, 4.69) is 4.98 Å². The van der Waals surface area contributed by atoms with Gasteiger partial charge in [0.05, 0.1) is 6.54 Å². The number of carbonyl (C=O) groups is 1. The zero-order chi connectivity index (χ0) is 23.2. The van der Waals surface area contributed by atoms with Crippen molar-refractivity contribution in [2.24, 2.45) is 0 Å². The summed E-state index contributed by atoms with van der Waals surface area (Å²) >= 11 is 0. The van der Waals surface area contributed by atoms with Crippen LogP contribution >= 0.6 is 0 Å². The summed E-state index contributed by atoms with van der Waals surface area (Å²) in [4.78, 5) is 38.0. The van der Waals surface area contributed by atoms with Crippen molar-refractivity contribution < 1.29 is 24.1 Å². The Labute approximate surface area is 188 Å². The van der Waals surface area contributed by atoms with Gasteiger partial charge in [-0.3, -0.25) is 14.3 Å². The molecule has 2 heterocycles. The van der Waals surface area contributed by atoms with E-state index in [1.807, 2.05) is 60.7 Å². The van der Waals surface area contributed by atoms with Gasteiger partial charge < -0.3 is 19.3 Å². The van der Waals surface area contributed by atoms with Crippen LogP contribution in [0.4, 0.5) is 0 Å². The third kappa shape index (κ3) is 5.39. The van der Waals surface area contributed by atoms with Crippen LogP contribution in [-0.4, -0.2) is 32.8 Å². The van der Waals surface area contributed by atoms with E-state index in [1.165, 1.54) is 6.20 Å². The van der Waals surface area contributed by atoms with Gasteiger partial charge in [-0.1, -0.05) is 60.7 Å². The normalized spacial score (nSPS) is 16.4. The minimum Gasteiger partial charge on any atom is -0.485 e. The molecule has 0 spiro atoms. The third-order valence-corrected chi connectivity index (χ3v) is 4.99. The number of nitrogens with one attached hydrogen (secondary N) is 1. The summed E-state index contributed by atoms with van der Waals surface area (Å²) in [5.41, 5.74) is 0.435. The fourth-order valence-corrected chi connectivity index (χ4v) is 3.33. The molecule has 9 nitrogen and oxygen atoms in total. The summed E-state index contributed by atoms with van der Waals surface area (Å²) in [5, 5.41) is 10.8. The molecule has 2 unspecified atom stereocenters. The van der Waals surface area contributed by atoms with Gasteiger partial charge in [0.25, 0.3) is 5.56 Å². The topological polar surface area (TPSA) is 120 Å². The number of aliphatic hydroxyl groups excluding tert-OH is 1. The Balaban J connectivity index is 1.58. The van der Waals surface area contributed by atoms with Crippen molar-refractivity contribution in [2.75, 3.05) is 0 Å². The highest BCUT2D eigenvalue weighted by Gasteiger charge is 2.42. The highest BCUT2D eigenvalue weighted by Crippen LogP contribution is 2.29. The Bertz CT molecular complexity index is 1250. The fourth-order valence-electron chi connectivity index (χ4n) is 3.33. The largest absolute Gasteiger partial charge is 0.485 e. The zero-order valence-corrected chi connectivity index (χ0v) is 17.5. The van der Waals surface area contributed by atoms with Crippen molar-refractivity contribution in [1.82, 2.24) is 9.55 Å². The van der Waals surface area contributed by atoms with Crippen molar-refractivity contribution >= 4 is 5.97 Å². The molecule has 9 heteroatoms. The SMILES string of the molecule is O=C1OC(C(O)Cn2ccc(=O)[nH]c2=O)C(OCc2ccccc2)=C1OCc1ccccc1. The standard InChI is InChI=1S/C24H22N2O7/c27-18(13-26-12-11-19(28)25-24(26)30)20-21(31-14-16-7-3-1-4-8-16)22(23(29)33-20)32-15-17-9-5-2-6-10-17/h1-12,18,20,27H,13-15H2,(H,25,28,30). The molecule has 0 aliphatic carbocycles. The summed E-state index contributed by atoms with van der Waals surface area (Å²) in [6, 6.07) is 19.7. The second-order valence-corrected chi connectivity index (χ2v) is 7.40. The lowest BCUT2D eigenvalue weighted by Crippen LogP contribution is -2.38. The number of aromatic amines is 1. The Kier molecular flexibility index (Phi) is 6.70. The average molecular weight is 450 g/mol. The minimum absolute atomic E-state index is 0.0461. The molecule has 2 aromatic carbocycles. The van der Waals surface area contributed by atoms with Crippen LogP contribution < -0.4 is 11.2 Å². The van der Waals surface area contributed by atoms with Crippen LogP contribution in [0, 0.1) is 0 Å². The Morgan fingerprint density at radius 1 is 0.909 bits per heavy atom. The zero-order valence-electron chi connectivity index (χ0n) is 17.5. The molecule has 4 rings (SSSR count). The summed E-state index contributed by atoms with van der Waals surface area (Å²) in [7, 11) is 0. The highest BCUT2D eigenvalue weighted by molar-refractivity contribution is 5.89. The molecule has 1 aromatic heterocycles. The number of benzene rings is 2. The van der Waals surface area contributed by atoms with Crippen molar-refractivity contribution in [3.8, 4) is 0 Å². The maximum atomic E-state index is 12.6. The lowest BCUT2D eigenvalue weighted by molar-refractivity contribution is -0.148. The van der Waals surface area contributed by atoms with Crippen molar-refractivity contribution in [3.63, 3.8) is 0 Å². The van der Waals surface area contributed by atoms with Crippen LogP contribution in [0.25, 0.3) is 0 Å². The number of rotatable bonds is 9. The number of ether oxygens (including phenoxy) is 3. The maximum Gasteiger partial charge on any atom is 0.378 e. The first-order valence-corrected chi connectivity index (χ1v) is 10.3. The molecular formula is C24H22N2O7. The van der Waals surface area contributed by atoms with Gasteiger partial charge in [-0.05, 0) is 11.1 Å². The summed E-state index contributed by atoms with van der Waals surface area (Å²) in [6.07, 6.45) is -1.27. The van der Waals surface area contributed by atoms with Crippen molar-refractivity contribution in [3.05, 3.63) is 116 Å². The molecule has 33 heavy (non-hydrogen) atoms. The van der Waals surface area contributed by atoms with E-state index < -0.39 is 29.4 Å². The van der Waals surface area contributed by atoms with Gasteiger partial charge in [-0.15, -0.1) is 0 Å². The molecule has 3 aromatic rings. The highest BCUT2D eigenvalue weighted by atomic mass is 16.6. The van der Waals surface area contributed by atoms with E-state index >= 15 is 0 Å². The Hall–Kier alpha value is -4.11. The number of aliphatic hydroxyl groups is 1. The lowest BCUT2D eigenvalue weighted by atomic mass is 10.1. The first-order valence-electron chi connectivity index (χ1n) is 10.3. The number of hydrogen-bond donors (Lipinski definition) is 2. The van der Waals surface area contributed by atoms with Crippen LogP contribution in [0.3, 0.4) is 0 Å². The smallest absolute Gasteiger partial charge is 0.378 e. The van der Waals surface area contributed by atoms with E-state index in [0.29, 0.717) is 0 Å². The predicted molar refractivity (Wildman–Crippen MR) is 117 cm³/mol. The van der Waals surface area contributed by atoms with E-state index in [-0.39, 0.29) is 31.3 Å². The van der Waals surface area contributed by atoms with Gasteiger partial charge in [0.15, 0.2) is 11.9 Å². The third-order valence-electron chi connectivity index (χ3n) is 4.99. The Morgan fingerprint density at radius 3 is 2.12 bits per heavy atom. The molecule has 2 atom stereocenters. The minimum atomic E-state index is -1.33. The summed E-state index contributed by atoms with van der Waals surface area (Å²) in [5.74, 6) is -0.857. The number of nitrogens with zero attached hydrogens (tertiary/aromatic N) is 1. The van der Waals surface area contributed by atoms with Crippen LogP contribution in [0.1, 0.15) is 11.1 Å². The van der Waals surface area contributed by atoms with Crippen molar-refractivity contribution in [2.45, 2.75) is 32.0 Å². The van der Waals surface area contributed by atoms with Crippen LogP contribution in [0.2, 0.25) is 0 Å². The molecule has 1 aliphatic heterocycles. The molecule has 170 valence electrons. The first kappa shape index (κ1) is 22.1. The molecule has 1 aliphatic rings. The number of carbonyl (C=O) groups excluding carboxylic acids is 1. The van der Waals surface area contributed by atoms with E-state index in [4.69, 9.17) is 14.2 Å². The number of aromatic nitrogens is 2. The number of H-pyrrole nitrogens is 1. The van der Waals surface area contributed by atoms with Gasteiger partial charge in [0, 0.05) is 12.3 Å². The van der Waals surface area contributed by atoms with Gasteiger partial charge >= 0.3 is 11.7 Å². The second kappa shape index (κ2) is 10.0. The van der Waals surface area contributed by atoms with Crippen LogP contribution in [0.5, 0.6) is 0 Å². The summed E-state index contributed by atoms with van der Waals surface area (Å²) < 4.78 is 18.1. The lowest BCUT2D eigenvalue weighted by Gasteiger charge is -2.21. The number of cyclic esters (lactones) is 1. The summed E-state index contributed by atoms with van der Waals surface area (Å²) in [6.45, 7) is -0.0176.